The van der Waals surface area contributed by atoms with E-state index in [2.05, 4.69) is 15.9 Å². The van der Waals surface area contributed by atoms with Crippen LogP contribution in [0.5, 0.6) is 23.2 Å². The zero-order chi connectivity index (χ0) is 20.8. The van der Waals surface area contributed by atoms with Gasteiger partial charge in [-0.05, 0) is 49.7 Å². The molecule has 0 unspecified atom stereocenters. The Morgan fingerprint density at radius 2 is 1.79 bits per heavy atom. The van der Waals surface area contributed by atoms with Gasteiger partial charge in [0.1, 0.15) is 23.7 Å². The number of halogens is 1. The van der Waals surface area contributed by atoms with Crippen molar-refractivity contribution in [3.63, 3.8) is 0 Å². The average Bonchev–Trinajstić information content (AvgIpc) is 2.70. The summed E-state index contributed by atoms with van der Waals surface area (Å²) in [5.41, 5.74) is -0.0514. The standard InChI is InChI=1S/C22H21BrO6/c1-3-4-11-26-22-21(28-16-7-5-15(23)6-8-16)20(25)18-10-9-17(12-19(18)29-22)27-13-14(2)24/h5-10,12H,3-4,11,13H2,1-2H3. The van der Waals surface area contributed by atoms with Gasteiger partial charge in [-0.25, -0.2) is 0 Å². The second-order valence-electron chi connectivity index (χ2n) is 6.45. The van der Waals surface area contributed by atoms with E-state index in [1.807, 2.05) is 19.1 Å². The molecular formula is C22H21BrO6. The van der Waals surface area contributed by atoms with Gasteiger partial charge in [0.2, 0.25) is 5.43 Å². The number of ketones is 1. The molecule has 0 aliphatic heterocycles. The van der Waals surface area contributed by atoms with E-state index in [0.29, 0.717) is 29.1 Å². The van der Waals surface area contributed by atoms with E-state index in [-0.39, 0.29) is 29.5 Å². The molecule has 0 spiro atoms. The summed E-state index contributed by atoms with van der Waals surface area (Å²) in [5.74, 6) is 0.822. The maximum Gasteiger partial charge on any atom is 0.334 e. The molecule has 0 amide bonds. The summed E-state index contributed by atoms with van der Waals surface area (Å²) in [7, 11) is 0. The molecule has 1 aromatic heterocycles. The Labute approximate surface area is 176 Å². The summed E-state index contributed by atoms with van der Waals surface area (Å²) in [6, 6.07) is 11.9. The molecule has 0 bridgehead atoms. The van der Waals surface area contributed by atoms with Crippen LogP contribution in [0.25, 0.3) is 11.0 Å². The number of hydrogen-bond acceptors (Lipinski definition) is 6. The van der Waals surface area contributed by atoms with Gasteiger partial charge in [0.25, 0.3) is 5.75 Å². The minimum atomic E-state index is -0.348. The summed E-state index contributed by atoms with van der Waals surface area (Å²) >= 11 is 3.37. The molecule has 0 saturated carbocycles. The highest BCUT2D eigenvalue weighted by molar-refractivity contribution is 9.10. The predicted octanol–water partition coefficient (Wildman–Crippen LogP) is 5.49. The number of carbonyl (C=O) groups is 1. The Bertz CT molecular complexity index is 1060. The summed E-state index contributed by atoms with van der Waals surface area (Å²) in [4.78, 5) is 24.2. The van der Waals surface area contributed by atoms with Crippen LogP contribution in [0.15, 0.2) is 56.1 Å². The lowest BCUT2D eigenvalue weighted by atomic mass is 10.2. The molecule has 2 aromatic carbocycles. The summed E-state index contributed by atoms with van der Waals surface area (Å²) in [5, 5.41) is 0.329. The van der Waals surface area contributed by atoms with Crippen molar-refractivity contribution < 1.29 is 23.4 Å². The number of fused-ring (bicyclic) bond motifs is 1. The van der Waals surface area contributed by atoms with Gasteiger partial charge in [-0.15, -0.1) is 0 Å². The second-order valence-corrected chi connectivity index (χ2v) is 7.37. The largest absolute Gasteiger partial charge is 0.486 e. The van der Waals surface area contributed by atoms with Crippen molar-refractivity contribution in [3.8, 4) is 23.2 Å². The van der Waals surface area contributed by atoms with Crippen LogP contribution in [0.3, 0.4) is 0 Å². The predicted molar refractivity (Wildman–Crippen MR) is 113 cm³/mol. The fourth-order valence-corrected chi connectivity index (χ4v) is 2.79. The topological polar surface area (TPSA) is 75.0 Å². The minimum absolute atomic E-state index is 0.00618. The SMILES string of the molecule is CCCCOc1oc2cc(OCC(C)=O)ccc2c(=O)c1Oc1ccc(Br)cc1. The normalized spacial score (nSPS) is 10.7. The fraction of sp³-hybridized carbons (Fsp3) is 0.273. The molecule has 152 valence electrons. The number of unbranched alkanes of at least 4 members (excludes halogenated alkanes) is 1. The van der Waals surface area contributed by atoms with E-state index in [0.717, 1.165) is 17.3 Å². The number of carbonyl (C=O) groups excluding carboxylic acids is 1. The lowest BCUT2D eigenvalue weighted by Crippen LogP contribution is -2.10. The third kappa shape index (κ3) is 5.38. The van der Waals surface area contributed by atoms with E-state index in [9.17, 15) is 9.59 Å². The van der Waals surface area contributed by atoms with E-state index in [1.165, 1.54) is 6.92 Å². The molecule has 6 nitrogen and oxygen atoms in total. The number of hydrogen-bond donors (Lipinski definition) is 0. The molecular weight excluding hydrogens is 440 g/mol. The number of rotatable bonds is 9. The third-order valence-electron chi connectivity index (χ3n) is 4.00. The molecule has 3 rings (SSSR count). The lowest BCUT2D eigenvalue weighted by molar-refractivity contribution is -0.118. The number of ether oxygens (including phenoxy) is 3. The summed E-state index contributed by atoms with van der Waals surface area (Å²) in [6.07, 6.45) is 1.74. The summed E-state index contributed by atoms with van der Waals surface area (Å²) < 4.78 is 23.7. The van der Waals surface area contributed by atoms with E-state index in [4.69, 9.17) is 18.6 Å². The van der Waals surface area contributed by atoms with Crippen molar-refractivity contribution >= 4 is 32.7 Å². The van der Waals surface area contributed by atoms with Crippen molar-refractivity contribution in [2.24, 2.45) is 0 Å². The van der Waals surface area contributed by atoms with Crippen molar-refractivity contribution in [3.05, 3.63) is 57.2 Å². The highest BCUT2D eigenvalue weighted by Gasteiger charge is 2.19. The molecule has 0 atom stereocenters. The number of benzene rings is 2. The monoisotopic (exact) mass is 460 g/mol. The zero-order valence-corrected chi connectivity index (χ0v) is 17.8. The Morgan fingerprint density at radius 1 is 1.07 bits per heavy atom. The second kappa shape index (κ2) is 9.60. The van der Waals surface area contributed by atoms with Crippen molar-refractivity contribution in [1.29, 1.82) is 0 Å². The van der Waals surface area contributed by atoms with Crippen molar-refractivity contribution in [1.82, 2.24) is 0 Å². The van der Waals surface area contributed by atoms with Gasteiger partial charge < -0.3 is 18.6 Å². The Balaban J connectivity index is 2.02. The molecule has 29 heavy (non-hydrogen) atoms. The van der Waals surface area contributed by atoms with Gasteiger partial charge in [0, 0.05) is 10.5 Å². The first-order chi connectivity index (χ1) is 14.0. The molecule has 1 heterocycles. The summed E-state index contributed by atoms with van der Waals surface area (Å²) in [6.45, 7) is 3.81. The minimum Gasteiger partial charge on any atom is -0.486 e. The van der Waals surface area contributed by atoms with Gasteiger partial charge in [0.15, 0.2) is 5.78 Å². The lowest BCUT2D eigenvalue weighted by Gasteiger charge is -2.12. The number of Topliss-reactive ketones (excluding diaryl/α,β-unsaturated/α-hetero) is 1. The maximum absolute atomic E-state index is 13.1. The van der Waals surface area contributed by atoms with Gasteiger partial charge in [-0.1, -0.05) is 29.3 Å². The van der Waals surface area contributed by atoms with Gasteiger partial charge in [-0.2, -0.15) is 0 Å². The Morgan fingerprint density at radius 3 is 2.48 bits per heavy atom. The first kappa shape index (κ1) is 20.9. The molecule has 0 radical (unpaired) electrons. The van der Waals surface area contributed by atoms with Gasteiger partial charge in [-0.3, -0.25) is 9.59 Å². The van der Waals surface area contributed by atoms with Crippen LogP contribution < -0.4 is 19.6 Å². The smallest absolute Gasteiger partial charge is 0.334 e. The molecule has 7 heteroatoms. The molecule has 0 N–H and O–H groups in total. The van der Waals surface area contributed by atoms with Crippen LogP contribution in [-0.4, -0.2) is 19.0 Å². The van der Waals surface area contributed by atoms with Crippen LogP contribution in [0, 0.1) is 0 Å². The molecule has 0 saturated heterocycles. The Kier molecular flexibility index (Phi) is 6.93. The third-order valence-corrected chi connectivity index (χ3v) is 4.53. The Hall–Kier alpha value is -2.80. The average molecular weight is 461 g/mol. The molecule has 3 aromatic rings. The highest BCUT2D eigenvalue weighted by atomic mass is 79.9. The van der Waals surface area contributed by atoms with Crippen LogP contribution in [-0.2, 0) is 4.79 Å². The molecule has 0 aliphatic carbocycles. The van der Waals surface area contributed by atoms with E-state index < -0.39 is 0 Å². The van der Waals surface area contributed by atoms with Crippen LogP contribution >= 0.6 is 15.9 Å². The van der Waals surface area contributed by atoms with Crippen molar-refractivity contribution in [2.75, 3.05) is 13.2 Å². The van der Waals surface area contributed by atoms with Crippen molar-refractivity contribution in [2.45, 2.75) is 26.7 Å². The zero-order valence-electron chi connectivity index (χ0n) is 16.2. The van der Waals surface area contributed by atoms with Crippen LogP contribution in [0.1, 0.15) is 26.7 Å². The quantitative estimate of drug-likeness (QED) is 0.392. The van der Waals surface area contributed by atoms with Crippen LogP contribution in [0.4, 0.5) is 0 Å². The first-order valence-corrected chi connectivity index (χ1v) is 10.1. The van der Waals surface area contributed by atoms with Gasteiger partial charge in [0.05, 0.1) is 12.0 Å². The van der Waals surface area contributed by atoms with E-state index in [1.54, 1.807) is 30.3 Å². The van der Waals surface area contributed by atoms with Crippen LogP contribution in [0.2, 0.25) is 0 Å². The molecule has 0 aliphatic rings. The first-order valence-electron chi connectivity index (χ1n) is 9.27. The highest BCUT2D eigenvalue weighted by Crippen LogP contribution is 2.33. The van der Waals surface area contributed by atoms with Gasteiger partial charge >= 0.3 is 5.95 Å². The molecule has 0 fully saturated rings. The maximum atomic E-state index is 13.1. The fourth-order valence-electron chi connectivity index (χ4n) is 2.52. The van der Waals surface area contributed by atoms with E-state index >= 15 is 0 Å².